The lowest BCUT2D eigenvalue weighted by Gasteiger charge is -2.09. The maximum absolute atomic E-state index is 14.4. The molecule has 0 aliphatic carbocycles. The first kappa shape index (κ1) is 22.3. The van der Waals surface area contributed by atoms with E-state index in [9.17, 15) is 14.0 Å². The molecule has 8 heteroatoms. The number of benzene rings is 3. The molecule has 4 rings (SSSR count). The van der Waals surface area contributed by atoms with Gasteiger partial charge in [0.2, 0.25) is 11.1 Å². The third-order valence-electron chi connectivity index (χ3n) is 4.68. The molecule has 0 fully saturated rings. The summed E-state index contributed by atoms with van der Waals surface area (Å²) < 4.78 is 14.4. The Morgan fingerprint density at radius 2 is 1.52 bits per heavy atom. The van der Waals surface area contributed by atoms with Crippen molar-refractivity contribution < 1.29 is 14.0 Å². The van der Waals surface area contributed by atoms with Crippen LogP contribution in [0.1, 0.15) is 17.3 Å². The summed E-state index contributed by atoms with van der Waals surface area (Å²) >= 11 is 1.09. The van der Waals surface area contributed by atoms with E-state index in [1.807, 2.05) is 60.7 Å². The van der Waals surface area contributed by atoms with E-state index in [2.05, 4.69) is 20.5 Å². The van der Waals surface area contributed by atoms with Gasteiger partial charge in [-0.25, -0.2) is 9.37 Å². The summed E-state index contributed by atoms with van der Waals surface area (Å²) in [6.07, 6.45) is 0. The number of nitrogens with zero attached hydrogens (tertiary/aromatic N) is 3. The number of halogens is 1. The number of hydrogen-bond acceptors (Lipinski definition) is 6. The number of hydrogen-bond donors (Lipinski definition) is 1. The van der Waals surface area contributed by atoms with E-state index in [4.69, 9.17) is 0 Å². The number of nitrogens with one attached hydrogen (secondary N) is 1. The zero-order valence-corrected chi connectivity index (χ0v) is 18.5. The molecule has 33 heavy (non-hydrogen) atoms. The molecule has 0 saturated carbocycles. The van der Waals surface area contributed by atoms with Crippen molar-refractivity contribution in [3.63, 3.8) is 0 Å². The maximum atomic E-state index is 14.4. The molecule has 0 aliphatic rings. The molecule has 1 heterocycles. The first-order valence-electron chi connectivity index (χ1n) is 10.1. The number of rotatable bonds is 7. The van der Waals surface area contributed by atoms with Gasteiger partial charge in [0.15, 0.2) is 5.78 Å². The van der Waals surface area contributed by atoms with E-state index in [0.717, 1.165) is 29.0 Å². The molecule has 0 unspecified atom stereocenters. The molecular weight excluding hydrogens is 439 g/mol. The van der Waals surface area contributed by atoms with Crippen molar-refractivity contribution in [3.05, 3.63) is 90.2 Å². The Balaban J connectivity index is 1.57. The van der Waals surface area contributed by atoms with Crippen molar-refractivity contribution in [3.8, 4) is 22.5 Å². The quantitative estimate of drug-likeness (QED) is 0.300. The summed E-state index contributed by atoms with van der Waals surface area (Å²) in [6.45, 7) is 1.33. The number of Topliss-reactive ketones (excluding diaryl/α,β-unsaturated/α-hetero) is 1. The lowest BCUT2D eigenvalue weighted by atomic mass is 10.0. The Morgan fingerprint density at radius 1 is 0.879 bits per heavy atom. The van der Waals surface area contributed by atoms with Gasteiger partial charge >= 0.3 is 0 Å². The molecule has 1 N–H and O–H groups in total. The highest BCUT2D eigenvalue weighted by Crippen LogP contribution is 2.30. The average molecular weight is 459 g/mol. The van der Waals surface area contributed by atoms with Gasteiger partial charge in [0.05, 0.1) is 11.3 Å². The van der Waals surface area contributed by atoms with E-state index in [1.165, 1.54) is 19.1 Å². The van der Waals surface area contributed by atoms with Crippen LogP contribution in [0.3, 0.4) is 0 Å². The molecule has 164 valence electrons. The average Bonchev–Trinajstić information content (AvgIpc) is 2.83. The fourth-order valence-electron chi connectivity index (χ4n) is 3.19. The number of aromatic nitrogens is 3. The Morgan fingerprint density at radius 3 is 2.12 bits per heavy atom. The van der Waals surface area contributed by atoms with Gasteiger partial charge in [-0.1, -0.05) is 72.4 Å². The van der Waals surface area contributed by atoms with Gasteiger partial charge in [-0.2, -0.15) is 0 Å². The van der Waals surface area contributed by atoms with Crippen molar-refractivity contribution in [2.24, 2.45) is 0 Å². The highest BCUT2D eigenvalue weighted by atomic mass is 32.2. The van der Waals surface area contributed by atoms with Crippen LogP contribution in [0.15, 0.2) is 84.0 Å². The Kier molecular flexibility index (Phi) is 6.85. The molecule has 0 saturated heterocycles. The number of anilines is 1. The Bertz CT molecular complexity index is 1300. The van der Waals surface area contributed by atoms with Gasteiger partial charge in [-0.15, -0.1) is 10.2 Å². The molecule has 0 atom stereocenters. The lowest BCUT2D eigenvalue weighted by molar-refractivity contribution is -0.114. The minimum Gasteiger partial charge on any atom is -0.326 e. The van der Waals surface area contributed by atoms with Gasteiger partial charge in [0.25, 0.3) is 0 Å². The highest BCUT2D eigenvalue weighted by molar-refractivity contribution is 7.99. The normalized spacial score (nSPS) is 10.6. The van der Waals surface area contributed by atoms with Gasteiger partial charge < -0.3 is 5.32 Å². The summed E-state index contributed by atoms with van der Waals surface area (Å²) in [7, 11) is 0. The first-order chi connectivity index (χ1) is 16.0. The van der Waals surface area contributed by atoms with Crippen molar-refractivity contribution >= 4 is 29.1 Å². The number of carbonyl (C=O) groups is 2. The molecule has 0 radical (unpaired) electrons. The van der Waals surface area contributed by atoms with E-state index in [1.54, 1.807) is 0 Å². The second-order valence-corrected chi connectivity index (χ2v) is 8.05. The summed E-state index contributed by atoms with van der Waals surface area (Å²) in [5.74, 6) is -1.49. The fraction of sp³-hybridized carbons (Fsp3) is 0.0800. The van der Waals surface area contributed by atoms with Crippen LogP contribution in [0.25, 0.3) is 22.5 Å². The summed E-state index contributed by atoms with van der Waals surface area (Å²) in [4.78, 5) is 28.4. The minimum atomic E-state index is -0.699. The Hall–Kier alpha value is -3.91. The largest absolute Gasteiger partial charge is 0.326 e. The molecular formula is C25H19FN4O2S. The second-order valence-electron chi connectivity index (χ2n) is 7.11. The van der Waals surface area contributed by atoms with E-state index in [-0.39, 0.29) is 17.2 Å². The highest BCUT2D eigenvalue weighted by Gasteiger charge is 2.17. The number of amides is 1. The van der Waals surface area contributed by atoms with Gasteiger partial charge in [-0.05, 0) is 18.2 Å². The molecule has 0 spiro atoms. The van der Waals surface area contributed by atoms with Crippen LogP contribution in [-0.4, -0.2) is 32.6 Å². The van der Waals surface area contributed by atoms with E-state index < -0.39 is 11.6 Å². The number of ketones is 1. The summed E-state index contributed by atoms with van der Waals surface area (Å²) in [6, 6.07) is 23.2. The fourth-order valence-corrected chi connectivity index (χ4v) is 3.86. The smallest absolute Gasteiger partial charge is 0.221 e. The van der Waals surface area contributed by atoms with E-state index in [0.29, 0.717) is 22.2 Å². The van der Waals surface area contributed by atoms with Crippen LogP contribution in [0.4, 0.5) is 10.1 Å². The van der Waals surface area contributed by atoms with Crippen LogP contribution < -0.4 is 5.32 Å². The third-order valence-corrected chi connectivity index (χ3v) is 5.52. The summed E-state index contributed by atoms with van der Waals surface area (Å²) in [5, 5.41) is 11.4. The zero-order valence-electron chi connectivity index (χ0n) is 17.7. The van der Waals surface area contributed by atoms with E-state index >= 15 is 0 Å². The molecule has 1 amide bonds. The molecule has 4 aromatic rings. The zero-order chi connectivity index (χ0) is 23.2. The predicted octanol–water partition coefficient (Wildman–Crippen LogP) is 5.28. The van der Waals surface area contributed by atoms with Crippen LogP contribution in [-0.2, 0) is 4.79 Å². The maximum Gasteiger partial charge on any atom is 0.221 e. The Labute approximate surface area is 194 Å². The van der Waals surface area contributed by atoms with Gasteiger partial charge in [0, 0.05) is 23.7 Å². The van der Waals surface area contributed by atoms with Crippen molar-refractivity contribution in [1.29, 1.82) is 0 Å². The lowest BCUT2D eigenvalue weighted by Crippen LogP contribution is -2.09. The monoisotopic (exact) mass is 458 g/mol. The third kappa shape index (κ3) is 5.48. The SMILES string of the molecule is CC(=O)Nc1ccc(C(=O)CSc2nnc(-c3ccccc3)c(-c3ccccc3)n2)c(F)c1. The van der Waals surface area contributed by atoms with Crippen LogP contribution in [0.2, 0.25) is 0 Å². The molecule has 1 aromatic heterocycles. The van der Waals surface area contributed by atoms with Gasteiger partial charge in [0.1, 0.15) is 17.2 Å². The van der Waals surface area contributed by atoms with Crippen molar-refractivity contribution in [2.75, 3.05) is 11.1 Å². The van der Waals surface area contributed by atoms with Gasteiger partial charge in [-0.3, -0.25) is 9.59 Å². The molecule has 3 aromatic carbocycles. The second kappa shape index (κ2) is 10.1. The molecule has 0 bridgehead atoms. The van der Waals surface area contributed by atoms with Crippen molar-refractivity contribution in [1.82, 2.24) is 15.2 Å². The standard InChI is InChI=1S/C25H19FN4O2S/c1-16(31)27-19-12-13-20(21(26)14-19)22(32)15-33-25-28-23(17-8-4-2-5-9-17)24(29-30-25)18-10-6-3-7-11-18/h2-14H,15H2,1H3,(H,27,31). The van der Waals surface area contributed by atoms with Crippen LogP contribution in [0.5, 0.6) is 0 Å². The van der Waals surface area contributed by atoms with Crippen LogP contribution >= 0.6 is 11.8 Å². The minimum absolute atomic E-state index is 0.0585. The topological polar surface area (TPSA) is 84.8 Å². The number of carbonyl (C=O) groups excluding carboxylic acids is 2. The van der Waals surface area contributed by atoms with Crippen molar-refractivity contribution in [2.45, 2.75) is 12.1 Å². The molecule has 6 nitrogen and oxygen atoms in total. The first-order valence-corrected chi connectivity index (χ1v) is 11.1. The summed E-state index contributed by atoms with van der Waals surface area (Å²) in [5.41, 5.74) is 3.27. The predicted molar refractivity (Wildman–Crippen MR) is 126 cm³/mol. The van der Waals surface area contributed by atoms with Crippen LogP contribution in [0, 0.1) is 5.82 Å². The number of thioether (sulfide) groups is 1. The molecule has 0 aliphatic heterocycles.